The summed E-state index contributed by atoms with van der Waals surface area (Å²) in [6.07, 6.45) is 0. The molecule has 1 aliphatic heterocycles. The zero-order chi connectivity index (χ0) is 12.4. The highest BCUT2D eigenvalue weighted by Crippen LogP contribution is 2.24. The van der Waals surface area contributed by atoms with Crippen molar-refractivity contribution >= 4 is 23.3 Å². The zero-order valence-electron chi connectivity index (χ0n) is 9.96. The average molecular weight is 290 g/mol. The second-order valence-corrected chi connectivity index (χ2v) is 4.21. The molecule has 98 valence electrons. The third kappa shape index (κ3) is 2.93. The topological polar surface area (TPSA) is 55.1 Å². The van der Waals surface area contributed by atoms with Crippen molar-refractivity contribution in [3.8, 4) is 5.75 Å². The van der Waals surface area contributed by atoms with Gasteiger partial charge < -0.3 is 17.1 Å². The number of hydrogen-bond donors (Lipinski definition) is 2. The lowest BCUT2D eigenvalue weighted by molar-refractivity contribution is -0.774. The van der Waals surface area contributed by atoms with Gasteiger partial charge in [0.2, 0.25) is 0 Å². The highest BCUT2D eigenvalue weighted by Gasteiger charge is 2.24. The van der Waals surface area contributed by atoms with E-state index in [0.717, 1.165) is 16.3 Å². The van der Waals surface area contributed by atoms with Crippen molar-refractivity contribution in [3.63, 3.8) is 0 Å². The minimum atomic E-state index is -0.0918. The Kier molecular flexibility index (Phi) is 4.95. The summed E-state index contributed by atoms with van der Waals surface area (Å²) in [5.74, 6) is 1.29. The van der Waals surface area contributed by atoms with Crippen molar-refractivity contribution in [2.45, 2.75) is 0 Å². The Morgan fingerprint density at radius 1 is 1.50 bits per heavy atom. The Balaban J connectivity index is 0.00000162. The Hall–Kier alpha value is -1.30. The maximum Gasteiger partial charge on any atom is 0.295 e. The molecule has 1 amide bonds. The van der Waals surface area contributed by atoms with Crippen LogP contribution in [0.15, 0.2) is 23.3 Å². The van der Waals surface area contributed by atoms with E-state index < -0.39 is 0 Å². The van der Waals surface area contributed by atoms with Gasteiger partial charge in [-0.1, -0.05) is 11.6 Å². The summed E-state index contributed by atoms with van der Waals surface area (Å²) in [5, 5.41) is 4.56. The highest BCUT2D eigenvalue weighted by atomic mass is 35.5. The van der Waals surface area contributed by atoms with Gasteiger partial charge in [-0.2, -0.15) is 0 Å². The van der Waals surface area contributed by atoms with E-state index in [1.54, 1.807) is 19.2 Å². The first-order chi connectivity index (χ1) is 8.11. The summed E-state index contributed by atoms with van der Waals surface area (Å²) < 4.78 is 5.08. The molecule has 0 radical (unpaired) electrons. The van der Waals surface area contributed by atoms with Gasteiger partial charge in [-0.25, -0.2) is 5.43 Å². The third-order valence-corrected chi connectivity index (χ3v) is 2.84. The van der Waals surface area contributed by atoms with Gasteiger partial charge in [0.25, 0.3) is 11.7 Å². The molecule has 2 N–H and O–H groups in total. The fourth-order valence-corrected chi connectivity index (χ4v) is 1.96. The van der Waals surface area contributed by atoms with Gasteiger partial charge >= 0.3 is 0 Å². The molecule has 7 heteroatoms. The van der Waals surface area contributed by atoms with Gasteiger partial charge in [-0.15, -0.1) is 5.10 Å². The van der Waals surface area contributed by atoms with Crippen molar-refractivity contribution < 1.29 is 26.8 Å². The first kappa shape index (κ1) is 14.8. The Morgan fingerprint density at radius 2 is 2.22 bits per heavy atom. The number of hydrazone groups is 1. The molecule has 0 spiro atoms. The number of methoxy groups -OCH3 is 1. The van der Waals surface area contributed by atoms with Gasteiger partial charge in [0.1, 0.15) is 5.75 Å². The number of ether oxygens (including phenoxy) is 1. The van der Waals surface area contributed by atoms with Gasteiger partial charge in [0, 0.05) is 0 Å². The minimum absolute atomic E-state index is 0. The summed E-state index contributed by atoms with van der Waals surface area (Å²) in [4.78, 5) is 12.1. The van der Waals surface area contributed by atoms with Crippen molar-refractivity contribution in [2.75, 3.05) is 20.7 Å². The van der Waals surface area contributed by atoms with Crippen LogP contribution in [0.2, 0.25) is 5.02 Å². The number of quaternary nitrogens is 1. The van der Waals surface area contributed by atoms with Crippen molar-refractivity contribution in [3.05, 3.63) is 28.8 Å². The summed E-state index contributed by atoms with van der Waals surface area (Å²) >= 11 is 6.05. The first-order valence-corrected chi connectivity index (χ1v) is 5.53. The average Bonchev–Trinajstić information content (AvgIpc) is 2.29. The van der Waals surface area contributed by atoms with E-state index in [-0.39, 0.29) is 18.3 Å². The number of nitrogens with one attached hydrogen (secondary N) is 2. The molecule has 5 nitrogen and oxygen atoms in total. The second kappa shape index (κ2) is 6.04. The molecule has 0 aliphatic carbocycles. The van der Waals surface area contributed by atoms with E-state index in [1.807, 2.05) is 13.1 Å². The van der Waals surface area contributed by atoms with E-state index in [9.17, 15) is 4.79 Å². The fourth-order valence-electron chi connectivity index (χ4n) is 1.70. The smallest absolute Gasteiger partial charge is 0.295 e. The maximum atomic E-state index is 11.1. The van der Waals surface area contributed by atoms with Crippen molar-refractivity contribution in [1.82, 2.24) is 5.43 Å². The van der Waals surface area contributed by atoms with Gasteiger partial charge in [0.05, 0.1) is 24.7 Å². The van der Waals surface area contributed by atoms with Crippen LogP contribution in [0, 0.1) is 0 Å². The number of nitrogens with zero attached hydrogens (tertiary/aromatic N) is 1. The lowest BCUT2D eigenvalue weighted by Gasteiger charge is -2.19. The molecule has 1 aromatic carbocycles. The van der Waals surface area contributed by atoms with Crippen LogP contribution >= 0.6 is 11.6 Å². The lowest BCUT2D eigenvalue weighted by Crippen LogP contribution is -3.14. The van der Waals surface area contributed by atoms with Gasteiger partial charge in [0.15, 0.2) is 6.54 Å². The number of hydrogen-bond acceptors (Lipinski definition) is 3. The van der Waals surface area contributed by atoms with Crippen molar-refractivity contribution in [2.24, 2.45) is 5.10 Å². The number of rotatable bonds is 2. The third-order valence-electron chi connectivity index (χ3n) is 2.55. The second-order valence-electron chi connectivity index (χ2n) is 3.80. The van der Waals surface area contributed by atoms with E-state index >= 15 is 0 Å². The maximum absolute atomic E-state index is 11.1. The molecule has 1 aliphatic rings. The molecule has 0 bridgehead atoms. The predicted molar refractivity (Wildman–Crippen MR) is 64.4 cm³/mol. The number of halogens is 2. The molecule has 0 fully saturated rings. The van der Waals surface area contributed by atoms with Crippen LogP contribution in [0.1, 0.15) is 5.56 Å². The summed E-state index contributed by atoms with van der Waals surface area (Å²) in [6.45, 7) is 0.364. The molecular weight excluding hydrogens is 277 g/mol. The zero-order valence-corrected chi connectivity index (χ0v) is 11.5. The number of amidine groups is 1. The SMILES string of the molecule is COc1ccc(C2=NNC(=O)C[NH+]2C)cc1Cl.[Cl-]. The molecule has 0 saturated carbocycles. The van der Waals surface area contributed by atoms with Crippen LogP contribution < -0.4 is 27.5 Å². The Bertz CT molecular complexity index is 491. The number of carbonyl (C=O) groups is 1. The molecule has 2 rings (SSSR count). The van der Waals surface area contributed by atoms with E-state index in [0.29, 0.717) is 17.3 Å². The molecular formula is C11H13Cl2N3O2. The van der Waals surface area contributed by atoms with E-state index in [4.69, 9.17) is 16.3 Å². The van der Waals surface area contributed by atoms with Crippen LogP contribution in [0.4, 0.5) is 0 Å². The molecule has 18 heavy (non-hydrogen) atoms. The van der Waals surface area contributed by atoms with Crippen LogP contribution in [0.5, 0.6) is 5.75 Å². The number of benzene rings is 1. The summed E-state index contributed by atoms with van der Waals surface area (Å²) in [7, 11) is 3.45. The number of amides is 1. The summed E-state index contributed by atoms with van der Waals surface area (Å²) in [5.41, 5.74) is 3.33. The molecule has 0 aromatic heterocycles. The molecule has 1 unspecified atom stereocenters. The minimum Gasteiger partial charge on any atom is -1.00 e. The van der Waals surface area contributed by atoms with Crippen LogP contribution in [0.3, 0.4) is 0 Å². The quantitative estimate of drug-likeness (QED) is 0.598. The normalized spacial score (nSPS) is 18.5. The predicted octanol–water partition coefficient (Wildman–Crippen LogP) is -3.34. The highest BCUT2D eigenvalue weighted by molar-refractivity contribution is 6.32. The Morgan fingerprint density at radius 3 is 2.78 bits per heavy atom. The molecule has 1 aromatic rings. The largest absolute Gasteiger partial charge is 1.00 e. The monoisotopic (exact) mass is 289 g/mol. The van der Waals surface area contributed by atoms with E-state index in [2.05, 4.69) is 10.5 Å². The lowest BCUT2D eigenvalue weighted by atomic mass is 10.2. The summed E-state index contributed by atoms with van der Waals surface area (Å²) in [6, 6.07) is 5.43. The van der Waals surface area contributed by atoms with Crippen LogP contribution in [0.25, 0.3) is 0 Å². The molecule has 1 heterocycles. The van der Waals surface area contributed by atoms with Crippen LogP contribution in [-0.4, -0.2) is 32.4 Å². The van der Waals surface area contributed by atoms with Crippen molar-refractivity contribution in [1.29, 1.82) is 0 Å². The first-order valence-electron chi connectivity index (χ1n) is 5.15. The standard InChI is InChI=1S/C11H12ClN3O2.ClH/c1-15-6-10(16)13-14-11(15)7-3-4-9(17-2)8(12)5-7;/h3-5H,6H2,1-2H3,(H,13,16);1H. The molecule has 0 saturated heterocycles. The number of likely N-dealkylation sites (N-methyl/N-ethyl adjacent to an activating group) is 1. The van der Waals surface area contributed by atoms with Gasteiger partial charge in [-0.3, -0.25) is 9.69 Å². The van der Waals surface area contributed by atoms with Crippen LogP contribution in [-0.2, 0) is 4.79 Å². The van der Waals surface area contributed by atoms with Gasteiger partial charge in [-0.05, 0) is 18.2 Å². The Labute approximate surface area is 116 Å². The fraction of sp³-hybridized carbons (Fsp3) is 0.273. The van der Waals surface area contributed by atoms with E-state index in [1.165, 1.54) is 0 Å². The molecule has 1 atom stereocenters. The number of carbonyl (C=O) groups excluding carboxylic acids is 1.